The van der Waals surface area contributed by atoms with E-state index in [1.54, 1.807) is 24.3 Å². The molecule has 0 saturated carbocycles. The molecule has 2 aromatic rings. The summed E-state index contributed by atoms with van der Waals surface area (Å²) in [4.78, 5) is 12.2. The van der Waals surface area contributed by atoms with Gasteiger partial charge in [0, 0.05) is 19.5 Å². The quantitative estimate of drug-likeness (QED) is 0.712. The van der Waals surface area contributed by atoms with Crippen LogP contribution < -0.4 is 5.32 Å². The maximum absolute atomic E-state index is 12.2. The number of rotatable bonds is 2. The third-order valence-corrected chi connectivity index (χ3v) is 4.44. The number of amides is 1. The van der Waals surface area contributed by atoms with Gasteiger partial charge >= 0.3 is 0 Å². The molecule has 0 atom stereocenters. The third-order valence-electron chi connectivity index (χ3n) is 2.69. The first-order valence-electron chi connectivity index (χ1n) is 5.50. The standard InChI is InChI=1S/C14H10Br2ClNO/c1-8-10(3-2-4-11(8)15)14(19)18-13-6-5-9(17)7-12(13)16/h2-7H,1H3,(H,18,19). The molecule has 2 rings (SSSR count). The first-order chi connectivity index (χ1) is 8.99. The number of carbonyl (C=O) groups excluding carboxylic acids is 1. The highest BCUT2D eigenvalue weighted by Gasteiger charge is 2.12. The maximum atomic E-state index is 12.2. The van der Waals surface area contributed by atoms with Gasteiger partial charge in [0.05, 0.1) is 5.69 Å². The van der Waals surface area contributed by atoms with Crippen molar-refractivity contribution < 1.29 is 4.79 Å². The van der Waals surface area contributed by atoms with Gasteiger partial charge in [-0.15, -0.1) is 0 Å². The van der Waals surface area contributed by atoms with Crippen LogP contribution in [0.1, 0.15) is 15.9 Å². The molecule has 5 heteroatoms. The van der Waals surface area contributed by atoms with E-state index in [1.165, 1.54) is 0 Å². The summed E-state index contributed by atoms with van der Waals surface area (Å²) in [7, 11) is 0. The smallest absolute Gasteiger partial charge is 0.255 e. The fraction of sp³-hybridized carbons (Fsp3) is 0.0714. The third kappa shape index (κ3) is 3.38. The number of carbonyl (C=O) groups is 1. The van der Waals surface area contributed by atoms with Crippen LogP contribution >= 0.6 is 43.5 Å². The predicted molar refractivity (Wildman–Crippen MR) is 86.0 cm³/mol. The minimum Gasteiger partial charge on any atom is -0.321 e. The Morgan fingerprint density at radius 2 is 1.89 bits per heavy atom. The van der Waals surface area contributed by atoms with E-state index in [9.17, 15) is 4.79 Å². The van der Waals surface area contributed by atoms with Crippen LogP contribution in [-0.2, 0) is 0 Å². The van der Waals surface area contributed by atoms with Gasteiger partial charge in [0.25, 0.3) is 5.91 Å². The van der Waals surface area contributed by atoms with Crippen LogP contribution in [0.4, 0.5) is 5.69 Å². The summed E-state index contributed by atoms with van der Waals surface area (Å²) in [5.74, 6) is -0.151. The predicted octanol–water partition coefficient (Wildman–Crippen LogP) is 5.43. The summed E-state index contributed by atoms with van der Waals surface area (Å²) in [6, 6.07) is 10.8. The second kappa shape index (κ2) is 6.07. The van der Waals surface area contributed by atoms with Gasteiger partial charge in [-0.3, -0.25) is 4.79 Å². The summed E-state index contributed by atoms with van der Waals surface area (Å²) in [5.41, 5.74) is 2.23. The van der Waals surface area contributed by atoms with Gasteiger partial charge in [-0.2, -0.15) is 0 Å². The van der Waals surface area contributed by atoms with Crippen LogP contribution in [0.2, 0.25) is 5.02 Å². The van der Waals surface area contributed by atoms with Crippen LogP contribution in [0.25, 0.3) is 0 Å². The summed E-state index contributed by atoms with van der Waals surface area (Å²) in [5, 5.41) is 3.47. The van der Waals surface area contributed by atoms with Crippen molar-refractivity contribution in [3.8, 4) is 0 Å². The topological polar surface area (TPSA) is 29.1 Å². The van der Waals surface area contributed by atoms with Gasteiger partial charge in [-0.25, -0.2) is 0 Å². The first-order valence-corrected chi connectivity index (χ1v) is 7.47. The highest BCUT2D eigenvalue weighted by atomic mass is 79.9. The number of nitrogens with one attached hydrogen (secondary N) is 1. The lowest BCUT2D eigenvalue weighted by Crippen LogP contribution is -2.13. The Bertz CT molecular complexity index is 643. The van der Waals surface area contributed by atoms with E-state index in [2.05, 4.69) is 37.2 Å². The largest absolute Gasteiger partial charge is 0.321 e. The second-order valence-corrected chi connectivity index (χ2v) is 6.14. The number of anilines is 1. The van der Waals surface area contributed by atoms with Crippen LogP contribution in [0.15, 0.2) is 45.3 Å². The van der Waals surface area contributed by atoms with E-state index < -0.39 is 0 Å². The van der Waals surface area contributed by atoms with Crippen LogP contribution in [0.5, 0.6) is 0 Å². The van der Waals surface area contributed by atoms with Crippen molar-refractivity contribution in [1.82, 2.24) is 0 Å². The fourth-order valence-electron chi connectivity index (χ4n) is 1.63. The molecule has 0 fully saturated rings. The van der Waals surface area contributed by atoms with E-state index in [0.29, 0.717) is 16.3 Å². The fourth-order valence-corrected chi connectivity index (χ4v) is 2.78. The number of hydrogen-bond acceptors (Lipinski definition) is 1. The Hall–Kier alpha value is -0.840. The number of hydrogen-bond donors (Lipinski definition) is 1. The molecule has 0 heterocycles. The zero-order chi connectivity index (χ0) is 14.0. The molecule has 0 aromatic heterocycles. The molecule has 2 aromatic carbocycles. The van der Waals surface area contributed by atoms with Crippen molar-refractivity contribution in [2.75, 3.05) is 5.32 Å². The summed E-state index contributed by atoms with van der Waals surface area (Å²) in [6.07, 6.45) is 0. The van der Waals surface area contributed by atoms with Crippen molar-refractivity contribution in [3.63, 3.8) is 0 Å². The second-order valence-electron chi connectivity index (χ2n) is 3.99. The van der Waals surface area contributed by atoms with E-state index in [1.807, 2.05) is 19.1 Å². The number of halogens is 3. The van der Waals surface area contributed by atoms with Crippen molar-refractivity contribution in [2.24, 2.45) is 0 Å². The minimum absolute atomic E-state index is 0.151. The lowest BCUT2D eigenvalue weighted by molar-refractivity contribution is 0.102. The maximum Gasteiger partial charge on any atom is 0.255 e. The lowest BCUT2D eigenvalue weighted by Gasteiger charge is -2.10. The molecule has 0 spiro atoms. The molecule has 0 unspecified atom stereocenters. The molecular weight excluding hydrogens is 393 g/mol. The molecule has 0 saturated heterocycles. The van der Waals surface area contributed by atoms with Crippen molar-refractivity contribution in [2.45, 2.75) is 6.92 Å². The van der Waals surface area contributed by atoms with Crippen molar-refractivity contribution in [3.05, 3.63) is 61.5 Å². The number of benzene rings is 2. The molecule has 0 aliphatic rings. The van der Waals surface area contributed by atoms with Gasteiger partial charge in [-0.05, 0) is 58.7 Å². The molecule has 98 valence electrons. The normalized spacial score (nSPS) is 10.3. The SMILES string of the molecule is Cc1c(Br)cccc1C(=O)Nc1ccc(Cl)cc1Br. The lowest BCUT2D eigenvalue weighted by atomic mass is 10.1. The summed E-state index contributed by atoms with van der Waals surface area (Å²) < 4.78 is 1.66. The summed E-state index contributed by atoms with van der Waals surface area (Å²) in [6.45, 7) is 1.90. The molecule has 0 aliphatic carbocycles. The average molecular weight is 404 g/mol. The van der Waals surface area contributed by atoms with Crippen LogP contribution in [0.3, 0.4) is 0 Å². The Labute approximate surface area is 133 Å². The molecule has 19 heavy (non-hydrogen) atoms. The van der Waals surface area contributed by atoms with Gasteiger partial charge < -0.3 is 5.32 Å². The van der Waals surface area contributed by atoms with E-state index in [0.717, 1.165) is 14.5 Å². The highest BCUT2D eigenvalue weighted by molar-refractivity contribution is 9.10. The molecule has 0 bridgehead atoms. The van der Waals surface area contributed by atoms with Gasteiger partial charge in [0.1, 0.15) is 0 Å². The molecule has 1 N–H and O–H groups in total. The van der Waals surface area contributed by atoms with Crippen molar-refractivity contribution in [1.29, 1.82) is 0 Å². The van der Waals surface area contributed by atoms with E-state index >= 15 is 0 Å². The molecule has 2 nitrogen and oxygen atoms in total. The zero-order valence-corrected chi connectivity index (χ0v) is 13.9. The molecule has 0 radical (unpaired) electrons. The Balaban J connectivity index is 2.28. The van der Waals surface area contributed by atoms with Crippen LogP contribution in [0, 0.1) is 6.92 Å². The molecule has 1 amide bonds. The highest BCUT2D eigenvalue weighted by Crippen LogP contribution is 2.27. The monoisotopic (exact) mass is 401 g/mol. The molecular formula is C14H10Br2ClNO. The van der Waals surface area contributed by atoms with Gasteiger partial charge in [0.15, 0.2) is 0 Å². The van der Waals surface area contributed by atoms with Gasteiger partial charge in [0.2, 0.25) is 0 Å². The average Bonchev–Trinajstić information content (AvgIpc) is 2.36. The van der Waals surface area contributed by atoms with E-state index in [-0.39, 0.29) is 5.91 Å². The molecule has 0 aliphatic heterocycles. The Kier molecular flexibility index (Phi) is 4.66. The van der Waals surface area contributed by atoms with Crippen molar-refractivity contribution >= 4 is 55.1 Å². The first kappa shape index (κ1) is 14.6. The zero-order valence-electron chi connectivity index (χ0n) is 10.0. The van der Waals surface area contributed by atoms with Gasteiger partial charge in [-0.1, -0.05) is 33.6 Å². The van der Waals surface area contributed by atoms with E-state index in [4.69, 9.17) is 11.6 Å². The Morgan fingerprint density at radius 1 is 1.16 bits per heavy atom. The Morgan fingerprint density at radius 3 is 2.58 bits per heavy atom. The van der Waals surface area contributed by atoms with Crippen LogP contribution in [-0.4, -0.2) is 5.91 Å². The summed E-state index contributed by atoms with van der Waals surface area (Å²) >= 11 is 12.7. The minimum atomic E-state index is -0.151.